The van der Waals surface area contributed by atoms with E-state index < -0.39 is 10.0 Å². The lowest BCUT2D eigenvalue weighted by Crippen LogP contribution is -2.32. The van der Waals surface area contributed by atoms with Gasteiger partial charge in [-0.3, -0.25) is 4.72 Å². The maximum absolute atomic E-state index is 12.6. The second kappa shape index (κ2) is 6.41. The molecule has 6 heteroatoms. The third-order valence-electron chi connectivity index (χ3n) is 4.21. The highest BCUT2D eigenvalue weighted by molar-refractivity contribution is 7.92. The molecule has 2 aromatic carbocycles. The SMILES string of the molecule is CC1(C)CCc2cc(S(=O)(=O)Nc3ccc(CC#N)cc3)ccc2O1. The van der Waals surface area contributed by atoms with Gasteiger partial charge in [-0.1, -0.05) is 12.1 Å². The van der Waals surface area contributed by atoms with Crippen LogP contribution in [0.25, 0.3) is 0 Å². The topological polar surface area (TPSA) is 79.2 Å². The third-order valence-corrected chi connectivity index (χ3v) is 5.59. The molecule has 0 aliphatic carbocycles. The normalized spacial score (nSPS) is 15.6. The molecule has 25 heavy (non-hydrogen) atoms. The molecule has 0 unspecified atom stereocenters. The van der Waals surface area contributed by atoms with Gasteiger partial charge >= 0.3 is 0 Å². The summed E-state index contributed by atoms with van der Waals surface area (Å²) < 4.78 is 33.7. The van der Waals surface area contributed by atoms with Gasteiger partial charge in [0.25, 0.3) is 10.0 Å². The highest BCUT2D eigenvalue weighted by Crippen LogP contribution is 2.34. The zero-order valence-electron chi connectivity index (χ0n) is 14.2. The van der Waals surface area contributed by atoms with E-state index in [9.17, 15) is 8.42 Å². The van der Waals surface area contributed by atoms with Gasteiger partial charge < -0.3 is 4.74 Å². The predicted octanol–water partition coefficient (Wildman–Crippen LogP) is 3.66. The van der Waals surface area contributed by atoms with Crippen molar-refractivity contribution < 1.29 is 13.2 Å². The molecule has 130 valence electrons. The first-order valence-electron chi connectivity index (χ1n) is 8.10. The molecule has 2 aromatic rings. The minimum atomic E-state index is -3.67. The van der Waals surface area contributed by atoms with Crippen LogP contribution in [0.1, 0.15) is 31.4 Å². The van der Waals surface area contributed by atoms with Gasteiger partial charge in [-0.25, -0.2) is 8.42 Å². The molecule has 0 aromatic heterocycles. The van der Waals surface area contributed by atoms with Crippen molar-refractivity contribution in [2.75, 3.05) is 4.72 Å². The molecule has 3 rings (SSSR count). The molecular weight excluding hydrogens is 336 g/mol. The van der Waals surface area contributed by atoms with Gasteiger partial charge in [-0.2, -0.15) is 5.26 Å². The van der Waals surface area contributed by atoms with E-state index in [0.717, 1.165) is 29.7 Å². The molecule has 1 N–H and O–H groups in total. The number of sulfonamides is 1. The lowest BCUT2D eigenvalue weighted by Gasteiger charge is -2.32. The number of rotatable bonds is 4. The van der Waals surface area contributed by atoms with Crippen molar-refractivity contribution in [1.82, 2.24) is 0 Å². The predicted molar refractivity (Wildman–Crippen MR) is 96.0 cm³/mol. The molecule has 0 saturated heterocycles. The molecule has 5 nitrogen and oxygen atoms in total. The first-order chi connectivity index (χ1) is 11.8. The number of ether oxygens (including phenoxy) is 1. The Bertz CT molecular complexity index is 926. The van der Waals surface area contributed by atoms with Crippen LogP contribution in [0.15, 0.2) is 47.4 Å². The molecule has 0 amide bonds. The number of nitrogens with zero attached hydrogens (tertiary/aromatic N) is 1. The fourth-order valence-corrected chi connectivity index (χ4v) is 3.91. The number of nitrogens with one attached hydrogen (secondary N) is 1. The number of hydrogen-bond donors (Lipinski definition) is 1. The summed E-state index contributed by atoms with van der Waals surface area (Å²) in [6.45, 7) is 4.05. The van der Waals surface area contributed by atoms with E-state index in [4.69, 9.17) is 10.00 Å². The van der Waals surface area contributed by atoms with Crippen molar-refractivity contribution in [3.8, 4) is 11.8 Å². The summed E-state index contributed by atoms with van der Waals surface area (Å²) in [6.07, 6.45) is 1.93. The van der Waals surface area contributed by atoms with Crippen LogP contribution in [0, 0.1) is 11.3 Å². The van der Waals surface area contributed by atoms with Crippen molar-refractivity contribution in [2.24, 2.45) is 0 Å². The van der Waals surface area contributed by atoms with Crippen molar-refractivity contribution >= 4 is 15.7 Å². The van der Waals surface area contributed by atoms with Gasteiger partial charge in [0, 0.05) is 5.69 Å². The van der Waals surface area contributed by atoms with Crippen LogP contribution >= 0.6 is 0 Å². The molecule has 1 aliphatic heterocycles. The highest BCUT2D eigenvalue weighted by Gasteiger charge is 2.27. The first-order valence-corrected chi connectivity index (χ1v) is 9.58. The summed E-state index contributed by atoms with van der Waals surface area (Å²) in [6, 6.07) is 13.8. The smallest absolute Gasteiger partial charge is 0.261 e. The van der Waals surface area contributed by atoms with E-state index in [0.29, 0.717) is 12.1 Å². The molecule has 1 heterocycles. The number of hydrogen-bond acceptors (Lipinski definition) is 4. The van der Waals surface area contributed by atoms with E-state index >= 15 is 0 Å². The number of anilines is 1. The van der Waals surface area contributed by atoms with Crippen LogP contribution in [-0.2, 0) is 22.9 Å². The number of nitriles is 1. The average molecular weight is 356 g/mol. The van der Waals surface area contributed by atoms with E-state index in [1.54, 1.807) is 42.5 Å². The summed E-state index contributed by atoms with van der Waals surface area (Å²) in [4.78, 5) is 0.218. The van der Waals surface area contributed by atoms with E-state index in [-0.39, 0.29) is 10.5 Å². The fraction of sp³-hybridized carbons (Fsp3) is 0.316. The molecule has 0 atom stereocenters. The Morgan fingerprint density at radius 1 is 1.20 bits per heavy atom. The van der Waals surface area contributed by atoms with E-state index in [1.807, 2.05) is 13.8 Å². The summed E-state index contributed by atoms with van der Waals surface area (Å²) in [7, 11) is -3.67. The van der Waals surface area contributed by atoms with Crippen LogP contribution < -0.4 is 9.46 Å². The van der Waals surface area contributed by atoms with E-state index in [2.05, 4.69) is 10.8 Å². The molecule has 0 bridgehead atoms. The summed E-state index contributed by atoms with van der Waals surface area (Å²) in [5.41, 5.74) is 2.00. The minimum absolute atomic E-state index is 0.218. The quantitative estimate of drug-likeness (QED) is 0.907. The summed E-state index contributed by atoms with van der Waals surface area (Å²) >= 11 is 0. The first kappa shape index (κ1) is 17.3. The lowest BCUT2D eigenvalue weighted by molar-refractivity contribution is 0.0845. The molecule has 0 spiro atoms. The van der Waals surface area contributed by atoms with Crippen molar-refractivity contribution in [3.63, 3.8) is 0 Å². The molecule has 0 saturated carbocycles. The van der Waals surface area contributed by atoms with Gasteiger partial charge in [0.05, 0.1) is 17.4 Å². The molecular formula is C19H20N2O3S. The van der Waals surface area contributed by atoms with Gasteiger partial charge in [-0.05, 0) is 68.1 Å². The Hall–Kier alpha value is -2.52. The van der Waals surface area contributed by atoms with Gasteiger partial charge in [0.1, 0.15) is 11.4 Å². The molecule has 0 fully saturated rings. The maximum Gasteiger partial charge on any atom is 0.261 e. The van der Waals surface area contributed by atoms with E-state index in [1.165, 1.54) is 0 Å². The van der Waals surface area contributed by atoms with Crippen molar-refractivity contribution in [1.29, 1.82) is 5.26 Å². The Morgan fingerprint density at radius 3 is 2.60 bits per heavy atom. The largest absolute Gasteiger partial charge is 0.488 e. The van der Waals surface area contributed by atoms with Crippen molar-refractivity contribution in [2.45, 2.75) is 43.6 Å². The number of benzene rings is 2. The summed E-state index contributed by atoms with van der Waals surface area (Å²) in [5.74, 6) is 0.746. The fourth-order valence-electron chi connectivity index (χ4n) is 2.80. The second-order valence-corrected chi connectivity index (χ2v) is 8.45. The van der Waals surface area contributed by atoms with Gasteiger partial charge in [0.15, 0.2) is 0 Å². The van der Waals surface area contributed by atoms with Crippen LogP contribution in [0.2, 0.25) is 0 Å². The van der Waals surface area contributed by atoms with Crippen molar-refractivity contribution in [3.05, 3.63) is 53.6 Å². The Balaban J connectivity index is 1.82. The van der Waals surface area contributed by atoms with Crippen LogP contribution in [-0.4, -0.2) is 14.0 Å². The average Bonchev–Trinajstić information content (AvgIpc) is 2.55. The Morgan fingerprint density at radius 2 is 1.92 bits per heavy atom. The molecule has 1 aliphatic rings. The Labute approximate surface area is 148 Å². The summed E-state index contributed by atoms with van der Waals surface area (Å²) in [5, 5.41) is 8.68. The van der Waals surface area contributed by atoms with Crippen LogP contribution in [0.5, 0.6) is 5.75 Å². The second-order valence-electron chi connectivity index (χ2n) is 6.77. The third kappa shape index (κ3) is 3.94. The monoisotopic (exact) mass is 356 g/mol. The zero-order valence-corrected chi connectivity index (χ0v) is 15.1. The standard InChI is InChI=1S/C19H20N2O3S/c1-19(2)11-9-15-13-17(7-8-18(15)24-19)25(22,23)21-16-5-3-14(4-6-16)10-12-20/h3-8,13,21H,9-11H2,1-2H3. The van der Waals surface area contributed by atoms with Gasteiger partial charge in [0.2, 0.25) is 0 Å². The van der Waals surface area contributed by atoms with Gasteiger partial charge in [-0.15, -0.1) is 0 Å². The Kier molecular flexibility index (Phi) is 4.44. The maximum atomic E-state index is 12.6. The molecule has 0 radical (unpaired) electrons. The minimum Gasteiger partial charge on any atom is -0.488 e. The highest BCUT2D eigenvalue weighted by atomic mass is 32.2. The zero-order chi connectivity index (χ0) is 18.1. The number of aryl methyl sites for hydroxylation is 1. The van der Waals surface area contributed by atoms with Crippen LogP contribution in [0.4, 0.5) is 5.69 Å². The number of fused-ring (bicyclic) bond motifs is 1. The van der Waals surface area contributed by atoms with Crippen LogP contribution in [0.3, 0.4) is 0 Å². The lowest BCUT2D eigenvalue weighted by atomic mass is 9.94.